The first kappa shape index (κ1) is 21.8. The molecular weight excluding hydrogens is 376 g/mol. The Hall–Kier alpha value is -2.53. The van der Waals surface area contributed by atoms with Crippen LogP contribution < -0.4 is 10.1 Å². The maximum Gasteiger partial charge on any atom is 0.242 e. The van der Waals surface area contributed by atoms with Crippen LogP contribution in [-0.4, -0.2) is 29.9 Å². The molecule has 0 bridgehead atoms. The summed E-state index contributed by atoms with van der Waals surface area (Å²) >= 11 is 5.94. The van der Waals surface area contributed by atoms with Crippen LogP contribution in [0.2, 0.25) is 5.02 Å². The van der Waals surface area contributed by atoms with Gasteiger partial charge < -0.3 is 15.0 Å². The molecule has 2 amide bonds. The largest absolute Gasteiger partial charge is 0.496 e. The number of nitrogens with one attached hydrogen (secondary N) is 1. The zero-order valence-corrected chi connectivity index (χ0v) is 17.3. The first-order chi connectivity index (χ1) is 13.5. The van der Waals surface area contributed by atoms with Crippen LogP contribution in [-0.2, 0) is 22.7 Å². The molecule has 2 aromatic carbocycles. The van der Waals surface area contributed by atoms with E-state index in [1.807, 2.05) is 43.3 Å². The van der Waals surface area contributed by atoms with Gasteiger partial charge >= 0.3 is 0 Å². The number of rotatable bonds is 9. The van der Waals surface area contributed by atoms with Crippen LogP contribution in [0, 0.1) is 0 Å². The molecule has 2 rings (SSSR count). The molecule has 6 heteroatoms. The highest BCUT2D eigenvalue weighted by atomic mass is 35.5. The van der Waals surface area contributed by atoms with Crippen molar-refractivity contribution in [1.29, 1.82) is 0 Å². The van der Waals surface area contributed by atoms with E-state index in [1.165, 1.54) is 0 Å². The van der Waals surface area contributed by atoms with Gasteiger partial charge in [-0.3, -0.25) is 9.59 Å². The van der Waals surface area contributed by atoms with E-state index >= 15 is 0 Å². The van der Waals surface area contributed by atoms with Crippen molar-refractivity contribution in [2.45, 2.75) is 45.8 Å². The molecule has 1 atom stereocenters. The third kappa shape index (κ3) is 5.99. The summed E-state index contributed by atoms with van der Waals surface area (Å²) in [6.07, 6.45) is 1.13. The summed E-state index contributed by atoms with van der Waals surface area (Å²) in [6, 6.07) is 14.2. The minimum atomic E-state index is -0.593. The van der Waals surface area contributed by atoms with E-state index < -0.39 is 6.04 Å². The van der Waals surface area contributed by atoms with Crippen molar-refractivity contribution in [3.8, 4) is 5.75 Å². The number of nitrogens with zero attached hydrogens (tertiary/aromatic N) is 1. The normalized spacial score (nSPS) is 11.6. The predicted octanol–water partition coefficient (Wildman–Crippen LogP) is 4.18. The van der Waals surface area contributed by atoms with Crippen LogP contribution in [0.15, 0.2) is 48.5 Å². The molecule has 5 nitrogen and oxygen atoms in total. The van der Waals surface area contributed by atoms with Crippen LogP contribution in [0.4, 0.5) is 0 Å². The van der Waals surface area contributed by atoms with Gasteiger partial charge in [-0.05, 0) is 37.1 Å². The quantitative estimate of drug-likeness (QED) is 0.684. The lowest BCUT2D eigenvalue weighted by molar-refractivity contribution is -0.140. The maximum absolute atomic E-state index is 12.7. The Morgan fingerprint density at radius 1 is 1.14 bits per heavy atom. The molecule has 1 unspecified atom stereocenters. The lowest BCUT2D eigenvalue weighted by atomic mass is 10.1. The first-order valence-electron chi connectivity index (χ1n) is 9.39. The van der Waals surface area contributed by atoms with Crippen molar-refractivity contribution in [1.82, 2.24) is 10.2 Å². The fourth-order valence-electron chi connectivity index (χ4n) is 2.91. The van der Waals surface area contributed by atoms with E-state index in [9.17, 15) is 9.59 Å². The van der Waals surface area contributed by atoms with Gasteiger partial charge in [-0.1, -0.05) is 48.9 Å². The Morgan fingerprint density at radius 2 is 1.82 bits per heavy atom. The number of benzene rings is 2. The maximum atomic E-state index is 12.7. The van der Waals surface area contributed by atoms with Crippen molar-refractivity contribution in [2.24, 2.45) is 0 Å². The van der Waals surface area contributed by atoms with E-state index in [2.05, 4.69) is 5.32 Å². The molecule has 0 aliphatic carbocycles. The lowest BCUT2D eigenvalue weighted by Gasteiger charge is -2.29. The second kappa shape index (κ2) is 10.7. The summed E-state index contributed by atoms with van der Waals surface area (Å²) in [4.78, 5) is 27.0. The molecule has 0 saturated heterocycles. The van der Waals surface area contributed by atoms with Crippen LogP contribution in [0.5, 0.6) is 5.75 Å². The van der Waals surface area contributed by atoms with E-state index in [4.69, 9.17) is 16.3 Å². The standard InChI is InChI=1S/C22H27ClN2O3/c1-4-7-21(26)25(15-17-10-12-19(23)13-11-17)16(2)22(27)24-14-18-8-5-6-9-20(18)28-3/h5-6,8-13,16H,4,7,14-15H2,1-3H3,(H,24,27). The van der Waals surface area contributed by atoms with Crippen molar-refractivity contribution in [3.05, 3.63) is 64.7 Å². The Balaban J connectivity index is 2.09. The molecular formula is C22H27ClN2O3. The Morgan fingerprint density at radius 3 is 2.46 bits per heavy atom. The molecule has 0 aliphatic rings. The van der Waals surface area contributed by atoms with Gasteiger partial charge in [0, 0.05) is 30.1 Å². The van der Waals surface area contributed by atoms with Crippen molar-refractivity contribution in [3.63, 3.8) is 0 Å². The van der Waals surface area contributed by atoms with Gasteiger partial charge in [0.15, 0.2) is 0 Å². The summed E-state index contributed by atoms with van der Waals surface area (Å²) < 4.78 is 5.32. The highest BCUT2D eigenvalue weighted by Gasteiger charge is 2.25. The smallest absolute Gasteiger partial charge is 0.242 e. The van der Waals surface area contributed by atoms with Gasteiger partial charge in [0.25, 0.3) is 0 Å². The molecule has 0 aromatic heterocycles. The predicted molar refractivity (Wildman–Crippen MR) is 111 cm³/mol. The Bertz CT molecular complexity index is 793. The lowest BCUT2D eigenvalue weighted by Crippen LogP contribution is -2.47. The molecule has 0 fully saturated rings. The van der Waals surface area contributed by atoms with Gasteiger partial charge in [0.05, 0.1) is 7.11 Å². The third-order valence-electron chi connectivity index (χ3n) is 4.54. The van der Waals surface area contributed by atoms with Gasteiger partial charge in [-0.25, -0.2) is 0 Å². The molecule has 150 valence electrons. The molecule has 28 heavy (non-hydrogen) atoms. The number of para-hydroxylation sites is 1. The second-order valence-corrected chi connectivity index (χ2v) is 7.04. The number of halogens is 1. The first-order valence-corrected chi connectivity index (χ1v) is 9.77. The molecule has 2 aromatic rings. The monoisotopic (exact) mass is 402 g/mol. The molecule has 1 N–H and O–H groups in total. The summed E-state index contributed by atoms with van der Waals surface area (Å²) in [5.41, 5.74) is 1.81. The topological polar surface area (TPSA) is 58.6 Å². The third-order valence-corrected chi connectivity index (χ3v) is 4.79. The van der Waals surface area contributed by atoms with Gasteiger partial charge in [-0.15, -0.1) is 0 Å². The number of ether oxygens (including phenoxy) is 1. The summed E-state index contributed by atoms with van der Waals surface area (Å²) in [6.45, 7) is 4.40. The SMILES string of the molecule is CCCC(=O)N(Cc1ccc(Cl)cc1)C(C)C(=O)NCc1ccccc1OC. The summed E-state index contributed by atoms with van der Waals surface area (Å²) in [5.74, 6) is 0.470. The Kier molecular flexibility index (Phi) is 8.33. The summed E-state index contributed by atoms with van der Waals surface area (Å²) in [5, 5.41) is 3.55. The van der Waals surface area contributed by atoms with Crippen LogP contribution in [0.1, 0.15) is 37.8 Å². The van der Waals surface area contributed by atoms with E-state index in [0.29, 0.717) is 24.5 Å². The molecule has 0 heterocycles. The number of methoxy groups -OCH3 is 1. The number of carbonyl (C=O) groups excluding carboxylic acids is 2. The van der Waals surface area contributed by atoms with E-state index in [-0.39, 0.29) is 11.8 Å². The van der Waals surface area contributed by atoms with Crippen molar-refractivity contribution in [2.75, 3.05) is 7.11 Å². The highest BCUT2D eigenvalue weighted by Crippen LogP contribution is 2.18. The van der Waals surface area contributed by atoms with Gasteiger partial charge in [-0.2, -0.15) is 0 Å². The van der Waals surface area contributed by atoms with Crippen molar-refractivity contribution >= 4 is 23.4 Å². The zero-order chi connectivity index (χ0) is 20.5. The van der Waals surface area contributed by atoms with E-state index in [1.54, 1.807) is 31.1 Å². The van der Waals surface area contributed by atoms with E-state index in [0.717, 1.165) is 23.3 Å². The molecule has 0 spiro atoms. The number of carbonyl (C=O) groups is 2. The zero-order valence-electron chi connectivity index (χ0n) is 16.6. The highest BCUT2D eigenvalue weighted by molar-refractivity contribution is 6.30. The molecule has 0 saturated carbocycles. The minimum absolute atomic E-state index is 0.0441. The van der Waals surface area contributed by atoms with Crippen LogP contribution in [0.3, 0.4) is 0 Å². The fourth-order valence-corrected chi connectivity index (χ4v) is 3.03. The second-order valence-electron chi connectivity index (χ2n) is 6.60. The summed E-state index contributed by atoms with van der Waals surface area (Å²) in [7, 11) is 1.60. The minimum Gasteiger partial charge on any atom is -0.496 e. The van der Waals surface area contributed by atoms with Crippen molar-refractivity contribution < 1.29 is 14.3 Å². The number of hydrogen-bond donors (Lipinski definition) is 1. The average Bonchev–Trinajstić information content (AvgIpc) is 2.71. The molecule has 0 aliphatic heterocycles. The number of amides is 2. The Labute approximate surface area is 171 Å². The van der Waals surface area contributed by atoms with Crippen LogP contribution in [0.25, 0.3) is 0 Å². The van der Waals surface area contributed by atoms with Gasteiger partial charge in [0.1, 0.15) is 11.8 Å². The fraction of sp³-hybridized carbons (Fsp3) is 0.364. The molecule has 0 radical (unpaired) electrons. The van der Waals surface area contributed by atoms with Gasteiger partial charge in [0.2, 0.25) is 11.8 Å². The van der Waals surface area contributed by atoms with Crippen LogP contribution >= 0.6 is 11.6 Å². The number of hydrogen-bond acceptors (Lipinski definition) is 3. The average molecular weight is 403 g/mol.